The summed E-state index contributed by atoms with van der Waals surface area (Å²) in [6, 6.07) is 5.60. The van der Waals surface area contributed by atoms with Gasteiger partial charge in [-0.3, -0.25) is 0 Å². The predicted molar refractivity (Wildman–Crippen MR) is 104 cm³/mol. The van der Waals surface area contributed by atoms with Crippen LogP contribution in [0.3, 0.4) is 0 Å². The molecular weight excluding hydrogens is 427 g/mol. The lowest BCUT2D eigenvalue weighted by atomic mass is 10.2. The molecule has 10 heteroatoms. The van der Waals surface area contributed by atoms with Crippen LogP contribution in [0.5, 0.6) is 0 Å². The molecule has 2 heterocycles. The van der Waals surface area contributed by atoms with E-state index in [0.29, 0.717) is 27.1 Å². The second-order valence-corrected chi connectivity index (χ2v) is 10.1. The highest BCUT2D eigenvalue weighted by molar-refractivity contribution is 9.10. The van der Waals surface area contributed by atoms with Gasteiger partial charge in [0.1, 0.15) is 19.3 Å². The summed E-state index contributed by atoms with van der Waals surface area (Å²) in [6.07, 6.45) is 3.04. The van der Waals surface area contributed by atoms with Crippen LogP contribution in [0.15, 0.2) is 35.2 Å². The lowest BCUT2D eigenvalue weighted by molar-refractivity contribution is 0.588. The summed E-state index contributed by atoms with van der Waals surface area (Å²) in [7, 11) is -0.764. The molecule has 25 heavy (non-hydrogen) atoms. The number of rotatable bonds is 4. The first-order valence-electron chi connectivity index (χ1n) is 7.25. The molecule has 0 atom stereocenters. The molecule has 0 aliphatic rings. The molecule has 3 aromatic rings. The Morgan fingerprint density at radius 3 is 2.68 bits per heavy atom. The Bertz CT molecular complexity index is 986. The number of aryl methyl sites for hydroxylation is 1. The van der Waals surface area contributed by atoms with Gasteiger partial charge in [0.15, 0.2) is 5.82 Å². The minimum absolute atomic E-state index is 0.124. The average Bonchev–Trinajstić information content (AvgIpc) is 2.96. The molecule has 0 unspecified atom stereocenters. The molecule has 0 radical (unpaired) electrons. The van der Waals surface area contributed by atoms with E-state index in [1.54, 1.807) is 24.2 Å². The summed E-state index contributed by atoms with van der Waals surface area (Å²) in [5.41, 5.74) is 1.53. The van der Waals surface area contributed by atoms with Crippen molar-refractivity contribution >= 4 is 51.5 Å². The van der Waals surface area contributed by atoms with Crippen LogP contribution in [0.4, 0.5) is 11.5 Å². The second kappa shape index (κ2) is 6.86. The topological polar surface area (TPSA) is 85.6 Å². The number of nitrogens with zero attached hydrogens (tertiary/aromatic N) is 5. The summed E-state index contributed by atoms with van der Waals surface area (Å²) in [5, 5.41) is 8.07. The molecule has 0 saturated heterocycles. The molecule has 7 nitrogen and oxygen atoms in total. The molecule has 0 spiro atoms. The van der Waals surface area contributed by atoms with Crippen molar-refractivity contribution in [1.82, 2.24) is 24.7 Å². The highest BCUT2D eigenvalue weighted by atomic mass is 79.9. The van der Waals surface area contributed by atoms with Gasteiger partial charge in [0.25, 0.3) is 0 Å². The van der Waals surface area contributed by atoms with Crippen molar-refractivity contribution in [2.45, 2.75) is 0 Å². The van der Waals surface area contributed by atoms with E-state index in [1.165, 1.54) is 6.33 Å². The van der Waals surface area contributed by atoms with Gasteiger partial charge < -0.3 is 9.88 Å². The maximum absolute atomic E-state index is 12.8. The van der Waals surface area contributed by atoms with Crippen molar-refractivity contribution in [3.05, 3.63) is 40.5 Å². The predicted octanol–water partition coefficient (Wildman–Crippen LogP) is 3.68. The summed E-state index contributed by atoms with van der Waals surface area (Å²) in [4.78, 5) is 12.3. The van der Waals surface area contributed by atoms with Crippen LogP contribution < -0.4 is 10.6 Å². The second-order valence-electron chi connectivity index (χ2n) is 5.75. The zero-order chi connectivity index (χ0) is 18.2. The number of anilines is 2. The van der Waals surface area contributed by atoms with Crippen molar-refractivity contribution < 1.29 is 4.57 Å². The Balaban J connectivity index is 2.09. The number of hydrogen-bond acceptors (Lipinski definition) is 6. The van der Waals surface area contributed by atoms with Gasteiger partial charge in [0.05, 0.1) is 10.2 Å². The number of nitrogens with one attached hydrogen (secondary N) is 1. The average molecular weight is 442 g/mol. The van der Waals surface area contributed by atoms with Crippen LogP contribution in [0.25, 0.3) is 11.4 Å². The third-order valence-corrected chi connectivity index (χ3v) is 5.81. The SMILES string of the molecule is Cn1ncnc1-c1ccc(Nc2nc(Cl)ncc2Br)c(P(C)(C)=O)c1. The number of benzene rings is 1. The molecule has 0 amide bonds. The molecule has 0 saturated carbocycles. The third-order valence-electron chi connectivity index (χ3n) is 3.52. The molecular formula is C15H15BrClN6OP. The zero-order valence-electron chi connectivity index (χ0n) is 13.7. The smallest absolute Gasteiger partial charge is 0.224 e. The fourth-order valence-corrected chi connectivity index (χ4v) is 3.92. The molecule has 0 aliphatic heterocycles. The Morgan fingerprint density at radius 2 is 2.04 bits per heavy atom. The number of aromatic nitrogens is 5. The van der Waals surface area contributed by atoms with Crippen LogP contribution in [-0.2, 0) is 11.6 Å². The van der Waals surface area contributed by atoms with E-state index in [4.69, 9.17) is 11.6 Å². The van der Waals surface area contributed by atoms with Gasteiger partial charge in [-0.25, -0.2) is 14.6 Å². The fourth-order valence-electron chi connectivity index (χ4n) is 2.34. The van der Waals surface area contributed by atoms with Gasteiger partial charge in [0, 0.05) is 24.1 Å². The third kappa shape index (κ3) is 3.92. The minimum atomic E-state index is -2.58. The number of hydrogen-bond donors (Lipinski definition) is 1. The fraction of sp³-hybridized carbons (Fsp3) is 0.200. The van der Waals surface area contributed by atoms with E-state index in [9.17, 15) is 4.57 Å². The van der Waals surface area contributed by atoms with E-state index in [-0.39, 0.29) is 5.28 Å². The van der Waals surface area contributed by atoms with Gasteiger partial charge in [-0.2, -0.15) is 10.1 Å². The van der Waals surface area contributed by atoms with Crippen molar-refractivity contribution in [2.24, 2.45) is 7.05 Å². The summed E-state index contributed by atoms with van der Waals surface area (Å²) in [5.74, 6) is 1.20. The molecule has 0 bridgehead atoms. The maximum atomic E-state index is 12.8. The molecule has 1 aromatic carbocycles. The molecule has 130 valence electrons. The maximum Gasteiger partial charge on any atom is 0.224 e. The van der Waals surface area contributed by atoms with Gasteiger partial charge >= 0.3 is 0 Å². The highest BCUT2D eigenvalue weighted by Gasteiger charge is 2.19. The van der Waals surface area contributed by atoms with Gasteiger partial charge in [-0.15, -0.1) is 0 Å². The summed E-state index contributed by atoms with van der Waals surface area (Å²) in [6.45, 7) is 3.44. The molecule has 2 aromatic heterocycles. The van der Waals surface area contributed by atoms with Crippen molar-refractivity contribution in [1.29, 1.82) is 0 Å². The Hall–Kier alpha value is -1.76. The van der Waals surface area contributed by atoms with E-state index in [0.717, 1.165) is 5.56 Å². The van der Waals surface area contributed by atoms with Crippen molar-refractivity contribution in [3.8, 4) is 11.4 Å². The largest absolute Gasteiger partial charge is 0.339 e. The lowest BCUT2D eigenvalue weighted by Crippen LogP contribution is -2.12. The number of halogens is 2. The van der Waals surface area contributed by atoms with Crippen LogP contribution in [0.2, 0.25) is 5.28 Å². The van der Waals surface area contributed by atoms with Crippen LogP contribution in [0, 0.1) is 0 Å². The molecule has 3 rings (SSSR count). The van der Waals surface area contributed by atoms with E-state index in [1.807, 2.05) is 25.2 Å². The van der Waals surface area contributed by atoms with Crippen molar-refractivity contribution in [3.63, 3.8) is 0 Å². The lowest BCUT2D eigenvalue weighted by Gasteiger charge is -2.17. The van der Waals surface area contributed by atoms with E-state index >= 15 is 0 Å². The summed E-state index contributed by atoms with van der Waals surface area (Å²) < 4.78 is 15.2. The summed E-state index contributed by atoms with van der Waals surface area (Å²) >= 11 is 9.25. The first-order valence-corrected chi connectivity index (χ1v) is 11.0. The first kappa shape index (κ1) is 18.0. The quantitative estimate of drug-likeness (QED) is 0.491. The molecule has 0 aliphatic carbocycles. The van der Waals surface area contributed by atoms with E-state index in [2.05, 4.69) is 41.3 Å². The van der Waals surface area contributed by atoms with Crippen LogP contribution in [-0.4, -0.2) is 38.1 Å². The zero-order valence-corrected chi connectivity index (χ0v) is 17.0. The first-order chi connectivity index (χ1) is 11.8. The monoisotopic (exact) mass is 440 g/mol. The van der Waals surface area contributed by atoms with Gasteiger partial charge in [0.2, 0.25) is 5.28 Å². The molecule has 1 N–H and O–H groups in total. The van der Waals surface area contributed by atoms with Crippen LogP contribution >= 0.6 is 34.7 Å². The van der Waals surface area contributed by atoms with Gasteiger partial charge in [-0.1, -0.05) is 0 Å². The van der Waals surface area contributed by atoms with Crippen LogP contribution in [0.1, 0.15) is 0 Å². The Kier molecular flexibility index (Phi) is 4.95. The van der Waals surface area contributed by atoms with Gasteiger partial charge in [-0.05, 0) is 59.1 Å². The van der Waals surface area contributed by atoms with Crippen molar-refractivity contribution in [2.75, 3.05) is 18.6 Å². The van der Waals surface area contributed by atoms with E-state index < -0.39 is 7.14 Å². The standard InChI is InChI=1S/C15H15BrClN6OP/c1-23-14(19-8-20-23)9-4-5-11(12(6-9)25(2,3)24)21-13-10(16)7-18-15(17)22-13/h4-8H,1-3H3,(H,18,21,22). The Labute approximate surface area is 158 Å². The minimum Gasteiger partial charge on any atom is -0.339 e. The Morgan fingerprint density at radius 1 is 1.28 bits per heavy atom. The normalized spacial score (nSPS) is 11.6. The highest BCUT2D eigenvalue weighted by Crippen LogP contribution is 2.40. The molecule has 0 fully saturated rings.